The molecule has 1 amide bonds. The van der Waals surface area contributed by atoms with E-state index in [-0.39, 0.29) is 5.91 Å². The van der Waals surface area contributed by atoms with E-state index in [0.717, 1.165) is 11.3 Å². The largest absolute Gasteiger partial charge is 0.456 e. The number of nitrogens with zero attached hydrogens (tertiary/aromatic N) is 1. The van der Waals surface area contributed by atoms with Crippen LogP contribution in [0.5, 0.6) is 0 Å². The Morgan fingerprint density at radius 1 is 1.12 bits per heavy atom. The van der Waals surface area contributed by atoms with Gasteiger partial charge in [0.05, 0.1) is 0 Å². The quantitative estimate of drug-likeness (QED) is 0.562. The van der Waals surface area contributed by atoms with Crippen molar-refractivity contribution in [1.82, 2.24) is 4.98 Å². The van der Waals surface area contributed by atoms with E-state index in [0.29, 0.717) is 16.7 Å². The van der Waals surface area contributed by atoms with Crippen LogP contribution >= 0.6 is 11.3 Å². The lowest BCUT2D eigenvalue weighted by Gasteiger charge is -2.04. The molecule has 0 bridgehead atoms. The Morgan fingerprint density at radius 2 is 1.96 bits per heavy atom. The number of amides is 1. The molecule has 0 fully saturated rings. The molecule has 2 aromatic carbocycles. The Balaban J connectivity index is 1.52. The Hall–Kier alpha value is -2.92. The molecule has 4 nitrogen and oxygen atoms in total. The first-order chi connectivity index (χ1) is 12.2. The lowest BCUT2D eigenvalue weighted by atomic mass is 10.0. The van der Waals surface area contributed by atoms with Crippen LogP contribution in [0.1, 0.15) is 26.8 Å². The molecule has 0 radical (unpaired) electrons. The number of furan rings is 1. The fourth-order valence-electron chi connectivity index (χ4n) is 2.80. The Labute approximate surface area is 149 Å². The lowest BCUT2D eigenvalue weighted by Crippen LogP contribution is -2.10. The maximum atomic E-state index is 12.1. The zero-order chi connectivity index (χ0) is 17.2. The van der Waals surface area contributed by atoms with Gasteiger partial charge < -0.3 is 4.42 Å². The summed E-state index contributed by atoms with van der Waals surface area (Å²) in [5.74, 6) is 0.725. The third kappa shape index (κ3) is 3.32. The van der Waals surface area contributed by atoms with Gasteiger partial charge in [-0.15, -0.1) is 11.3 Å². The Kier molecular flexibility index (Phi) is 4.07. The number of nitrogens with one attached hydrogen (secondary N) is 1. The summed E-state index contributed by atoms with van der Waals surface area (Å²) < 4.78 is 5.33. The van der Waals surface area contributed by atoms with E-state index in [1.54, 1.807) is 12.1 Å². The zero-order valence-corrected chi connectivity index (χ0v) is 14.5. The molecule has 0 aliphatic carbocycles. The predicted octanol–water partition coefficient (Wildman–Crippen LogP) is 5.04. The molecule has 2 heterocycles. The van der Waals surface area contributed by atoms with Crippen molar-refractivity contribution in [2.45, 2.75) is 13.3 Å². The molecule has 4 rings (SSSR count). The number of aryl methyl sites for hydroxylation is 1. The summed E-state index contributed by atoms with van der Waals surface area (Å²) >= 11 is 1.48. The molecule has 2 aromatic heterocycles. The standard InChI is InChI=1S/C20H16N2O2S/c1-13-9-10-18(24-13)19(23)22-20-21-12-16(25-20)11-15-7-4-6-14-5-2-3-8-17(14)15/h2-10,12H,11H2,1H3,(H,21,22,23). The minimum Gasteiger partial charge on any atom is -0.456 e. The normalized spacial score (nSPS) is 10.9. The van der Waals surface area contributed by atoms with Crippen LogP contribution in [0.4, 0.5) is 5.13 Å². The number of aromatic nitrogens is 1. The summed E-state index contributed by atoms with van der Waals surface area (Å²) in [5.41, 5.74) is 1.25. The van der Waals surface area contributed by atoms with Crippen LogP contribution in [-0.2, 0) is 6.42 Å². The first-order valence-electron chi connectivity index (χ1n) is 7.98. The summed E-state index contributed by atoms with van der Waals surface area (Å²) in [6.07, 6.45) is 2.60. The molecule has 5 heteroatoms. The number of fused-ring (bicyclic) bond motifs is 1. The molecule has 124 valence electrons. The van der Waals surface area contributed by atoms with E-state index in [4.69, 9.17) is 4.42 Å². The third-order valence-corrected chi connectivity index (χ3v) is 4.90. The fraction of sp³-hybridized carbons (Fsp3) is 0.100. The second kappa shape index (κ2) is 6.53. The van der Waals surface area contributed by atoms with Gasteiger partial charge in [-0.05, 0) is 35.4 Å². The molecule has 0 spiro atoms. The van der Waals surface area contributed by atoms with Crippen LogP contribution < -0.4 is 5.32 Å². The number of thiazole rings is 1. The van der Waals surface area contributed by atoms with Gasteiger partial charge in [0.2, 0.25) is 0 Å². The van der Waals surface area contributed by atoms with E-state index in [2.05, 4.69) is 46.7 Å². The maximum absolute atomic E-state index is 12.1. The highest BCUT2D eigenvalue weighted by atomic mass is 32.1. The number of hydrogen-bond donors (Lipinski definition) is 1. The minimum absolute atomic E-state index is 0.279. The van der Waals surface area contributed by atoms with Crippen molar-refractivity contribution in [3.63, 3.8) is 0 Å². The second-order valence-corrected chi connectivity index (χ2v) is 6.93. The second-order valence-electron chi connectivity index (χ2n) is 5.81. The van der Waals surface area contributed by atoms with Gasteiger partial charge in [-0.3, -0.25) is 10.1 Å². The highest BCUT2D eigenvalue weighted by Gasteiger charge is 2.13. The predicted molar refractivity (Wildman–Crippen MR) is 100 cm³/mol. The van der Waals surface area contributed by atoms with Gasteiger partial charge >= 0.3 is 0 Å². The molecule has 0 aliphatic rings. The van der Waals surface area contributed by atoms with E-state index >= 15 is 0 Å². The fourth-order valence-corrected chi connectivity index (χ4v) is 3.63. The van der Waals surface area contributed by atoms with Crippen molar-refractivity contribution >= 4 is 33.1 Å². The van der Waals surface area contributed by atoms with Gasteiger partial charge in [-0.1, -0.05) is 42.5 Å². The highest BCUT2D eigenvalue weighted by Crippen LogP contribution is 2.26. The van der Waals surface area contributed by atoms with Crippen molar-refractivity contribution in [1.29, 1.82) is 0 Å². The first-order valence-corrected chi connectivity index (χ1v) is 8.80. The van der Waals surface area contributed by atoms with E-state index in [1.165, 1.54) is 27.7 Å². The summed E-state index contributed by atoms with van der Waals surface area (Å²) in [7, 11) is 0. The monoisotopic (exact) mass is 348 g/mol. The maximum Gasteiger partial charge on any atom is 0.293 e. The van der Waals surface area contributed by atoms with Crippen molar-refractivity contribution in [3.05, 3.63) is 82.8 Å². The summed E-state index contributed by atoms with van der Waals surface area (Å²) in [6.45, 7) is 1.81. The van der Waals surface area contributed by atoms with Gasteiger partial charge in [0, 0.05) is 17.5 Å². The van der Waals surface area contributed by atoms with Crippen LogP contribution in [0.25, 0.3) is 10.8 Å². The minimum atomic E-state index is -0.279. The molecule has 0 aliphatic heterocycles. The first kappa shape index (κ1) is 15.6. The van der Waals surface area contributed by atoms with Crippen LogP contribution in [-0.4, -0.2) is 10.9 Å². The topological polar surface area (TPSA) is 55.1 Å². The summed E-state index contributed by atoms with van der Waals surface area (Å²) in [4.78, 5) is 17.5. The van der Waals surface area contributed by atoms with Crippen molar-refractivity contribution in [2.24, 2.45) is 0 Å². The molecule has 0 saturated heterocycles. The molecule has 0 unspecified atom stereocenters. The smallest absolute Gasteiger partial charge is 0.293 e. The van der Waals surface area contributed by atoms with Gasteiger partial charge in [0.15, 0.2) is 10.9 Å². The Morgan fingerprint density at radius 3 is 2.80 bits per heavy atom. The van der Waals surface area contributed by atoms with Crippen molar-refractivity contribution in [3.8, 4) is 0 Å². The highest BCUT2D eigenvalue weighted by molar-refractivity contribution is 7.15. The number of rotatable bonds is 4. The third-order valence-electron chi connectivity index (χ3n) is 3.98. The van der Waals surface area contributed by atoms with E-state index in [1.807, 2.05) is 19.2 Å². The number of carbonyl (C=O) groups is 1. The average molecular weight is 348 g/mol. The molecule has 0 saturated carbocycles. The summed E-state index contributed by atoms with van der Waals surface area (Å²) in [5, 5.41) is 5.84. The Bertz CT molecular complexity index is 1040. The van der Waals surface area contributed by atoms with Crippen LogP contribution in [0.2, 0.25) is 0 Å². The summed E-state index contributed by atoms with van der Waals surface area (Å²) in [6, 6.07) is 18.1. The number of hydrogen-bond acceptors (Lipinski definition) is 4. The van der Waals surface area contributed by atoms with Gasteiger partial charge in [0.1, 0.15) is 5.76 Å². The molecule has 1 N–H and O–H groups in total. The van der Waals surface area contributed by atoms with Gasteiger partial charge in [0.25, 0.3) is 5.91 Å². The number of carbonyl (C=O) groups excluding carboxylic acids is 1. The van der Waals surface area contributed by atoms with Crippen LogP contribution in [0, 0.1) is 6.92 Å². The van der Waals surface area contributed by atoms with Gasteiger partial charge in [-0.25, -0.2) is 4.98 Å². The molecule has 0 atom stereocenters. The lowest BCUT2D eigenvalue weighted by molar-refractivity contribution is 0.0995. The molecular weight excluding hydrogens is 332 g/mol. The van der Waals surface area contributed by atoms with Crippen LogP contribution in [0.15, 0.2) is 65.2 Å². The SMILES string of the molecule is Cc1ccc(C(=O)Nc2ncc(Cc3cccc4ccccc34)s2)o1. The molecule has 25 heavy (non-hydrogen) atoms. The average Bonchev–Trinajstić information content (AvgIpc) is 3.24. The van der Waals surface area contributed by atoms with Crippen molar-refractivity contribution in [2.75, 3.05) is 5.32 Å². The van der Waals surface area contributed by atoms with E-state index in [9.17, 15) is 4.79 Å². The van der Waals surface area contributed by atoms with Crippen molar-refractivity contribution < 1.29 is 9.21 Å². The number of anilines is 1. The molecule has 4 aromatic rings. The van der Waals surface area contributed by atoms with Crippen LogP contribution in [0.3, 0.4) is 0 Å². The van der Waals surface area contributed by atoms with Gasteiger partial charge in [-0.2, -0.15) is 0 Å². The van der Waals surface area contributed by atoms with E-state index < -0.39 is 0 Å². The zero-order valence-electron chi connectivity index (χ0n) is 13.7. The molecular formula is C20H16N2O2S. The number of benzene rings is 2.